The van der Waals surface area contributed by atoms with Crippen LogP contribution >= 0.6 is 0 Å². The lowest BCUT2D eigenvalue weighted by molar-refractivity contribution is 0.158. The minimum atomic E-state index is 0.120. The molecule has 1 rings (SSSR count). The molecule has 1 aromatic rings. The third-order valence-corrected chi connectivity index (χ3v) is 3.29. The van der Waals surface area contributed by atoms with Gasteiger partial charge in [-0.15, -0.1) is 0 Å². The first-order valence-corrected chi connectivity index (χ1v) is 7.44. The second kappa shape index (κ2) is 8.37. The molecule has 1 N–H and O–H groups in total. The van der Waals surface area contributed by atoms with Crippen molar-refractivity contribution in [2.45, 2.75) is 39.4 Å². The van der Waals surface area contributed by atoms with Gasteiger partial charge in [0.1, 0.15) is 5.75 Å². The third-order valence-electron chi connectivity index (χ3n) is 3.29. The Morgan fingerprint density at radius 2 is 1.90 bits per heavy atom. The molecule has 0 fully saturated rings. The standard InChI is InChI=1S/C17H30N2O2/c1-17(2,3)18-12-14-7-8-16(21-6)15(11-14)13-19(4)9-10-20-5/h7-8,11,18H,9-10,12-13H2,1-6H3. The van der Waals surface area contributed by atoms with Crippen molar-refractivity contribution in [3.63, 3.8) is 0 Å². The predicted octanol–water partition coefficient (Wildman–Crippen LogP) is 2.66. The maximum absolute atomic E-state index is 5.47. The second-order valence-corrected chi connectivity index (χ2v) is 6.48. The van der Waals surface area contributed by atoms with Crippen molar-refractivity contribution in [3.05, 3.63) is 29.3 Å². The van der Waals surface area contributed by atoms with Crippen molar-refractivity contribution in [3.8, 4) is 5.75 Å². The SMILES string of the molecule is COCCN(C)Cc1cc(CNC(C)(C)C)ccc1OC. The molecule has 21 heavy (non-hydrogen) atoms. The summed E-state index contributed by atoms with van der Waals surface area (Å²) in [7, 11) is 5.55. The average Bonchev–Trinajstić information content (AvgIpc) is 2.42. The van der Waals surface area contributed by atoms with E-state index in [2.05, 4.69) is 56.2 Å². The summed E-state index contributed by atoms with van der Waals surface area (Å²) in [6.45, 7) is 9.90. The van der Waals surface area contributed by atoms with Crippen LogP contribution in [0.25, 0.3) is 0 Å². The number of benzene rings is 1. The van der Waals surface area contributed by atoms with Gasteiger partial charge in [0.05, 0.1) is 13.7 Å². The van der Waals surface area contributed by atoms with Crippen LogP contribution < -0.4 is 10.1 Å². The van der Waals surface area contributed by atoms with Gasteiger partial charge in [-0.05, 0) is 45.5 Å². The Balaban J connectivity index is 2.75. The Morgan fingerprint density at radius 3 is 2.48 bits per heavy atom. The van der Waals surface area contributed by atoms with Crippen molar-refractivity contribution in [1.29, 1.82) is 0 Å². The van der Waals surface area contributed by atoms with E-state index in [-0.39, 0.29) is 5.54 Å². The highest BCUT2D eigenvalue weighted by molar-refractivity contribution is 5.37. The largest absolute Gasteiger partial charge is 0.496 e. The van der Waals surface area contributed by atoms with Gasteiger partial charge < -0.3 is 14.8 Å². The normalized spacial score (nSPS) is 12.0. The van der Waals surface area contributed by atoms with Gasteiger partial charge >= 0.3 is 0 Å². The van der Waals surface area contributed by atoms with Crippen LogP contribution in [-0.2, 0) is 17.8 Å². The van der Waals surface area contributed by atoms with E-state index in [9.17, 15) is 0 Å². The maximum Gasteiger partial charge on any atom is 0.123 e. The van der Waals surface area contributed by atoms with Gasteiger partial charge in [0.2, 0.25) is 0 Å². The lowest BCUT2D eigenvalue weighted by Gasteiger charge is -2.22. The fourth-order valence-electron chi connectivity index (χ4n) is 2.05. The zero-order valence-corrected chi connectivity index (χ0v) is 14.3. The summed E-state index contributed by atoms with van der Waals surface area (Å²) in [4.78, 5) is 2.24. The van der Waals surface area contributed by atoms with Crippen LogP contribution in [0, 0.1) is 0 Å². The molecule has 0 saturated carbocycles. The van der Waals surface area contributed by atoms with Gasteiger partial charge in [0.15, 0.2) is 0 Å². The van der Waals surface area contributed by atoms with Crippen molar-refractivity contribution in [2.75, 3.05) is 34.4 Å². The van der Waals surface area contributed by atoms with Gasteiger partial charge in [-0.25, -0.2) is 0 Å². The van der Waals surface area contributed by atoms with Crippen molar-refractivity contribution < 1.29 is 9.47 Å². The summed E-state index contributed by atoms with van der Waals surface area (Å²) in [6, 6.07) is 6.40. The van der Waals surface area contributed by atoms with Gasteiger partial charge in [-0.1, -0.05) is 6.07 Å². The molecular weight excluding hydrogens is 264 g/mol. The minimum absolute atomic E-state index is 0.120. The van der Waals surface area contributed by atoms with E-state index in [1.165, 1.54) is 11.1 Å². The van der Waals surface area contributed by atoms with E-state index in [0.29, 0.717) is 0 Å². The summed E-state index contributed by atoms with van der Waals surface area (Å²) in [6.07, 6.45) is 0. The van der Waals surface area contributed by atoms with Gasteiger partial charge in [-0.3, -0.25) is 4.90 Å². The number of rotatable bonds is 8. The van der Waals surface area contributed by atoms with Crippen LogP contribution in [0.2, 0.25) is 0 Å². The van der Waals surface area contributed by atoms with Crippen LogP contribution in [0.1, 0.15) is 31.9 Å². The molecule has 0 amide bonds. The van der Waals surface area contributed by atoms with E-state index in [1.807, 2.05) is 0 Å². The third kappa shape index (κ3) is 6.93. The molecule has 120 valence electrons. The Bertz CT molecular complexity index is 427. The number of likely N-dealkylation sites (N-methyl/N-ethyl adjacent to an activating group) is 1. The molecular formula is C17H30N2O2. The van der Waals surface area contributed by atoms with E-state index in [1.54, 1.807) is 14.2 Å². The van der Waals surface area contributed by atoms with E-state index in [0.717, 1.165) is 32.0 Å². The summed E-state index contributed by atoms with van der Waals surface area (Å²) >= 11 is 0. The molecule has 4 nitrogen and oxygen atoms in total. The molecule has 0 spiro atoms. The number of hydrogen-bond donors (Lipinski definition) is 1. The first-order chi connectivity index (χ1) is 9.85. The van der Waals surface area contributed by atoms with Crippen LogP contribution in [0.3, 0.4) is 0 Å². The van der Waals surface area contributed by atoms with Crippen molar-refractivity contribution in [1.82, 2.24) is 10.2 Å². The molecule has 0 atom stereocenters. The first-order valence-electron chi connectivity index (χ1n) is 7.44. The van der Waals surface area contributed by atoms with E-state index >= 15 is 0 Å². The molecule has 0 aliphatic heterocycles. The van der Waals surface area contributed by atoms with E-state index < -0.39 is 0 Å². The summed E-state index contributed by atoms with van der Waals surface area (Å²) in [5.74, 6) is 0.943. The zero-order chi connectivity index (χ0) is 15.9. The van der Waals surface area contributed by atoms with Crippen LogP contribution in [0.4, 0.5) is 0 Å². The Hall–Kier alpha value is -1.10. The topological polar surface area (TPSA) is 33.7 Å². The highest BCUT2D eigenvalue weighted by Crippen LogP contribution is 2.21. The highest BCUT2D eigenvalue weighted by atomic mass is 16.5. The predicted molar refractivity (Wildman–Crippen MR) is 87.8 cm³/mol. The number of methoxy groups -OCH3 is 2. The van der Waals surface area contributed by atoms with Crippen LogP contribution in [-0.4, -0.2) is 44.9 Å². The molecule has 0 aliphatic rings. The molecule has 0 heterocycles. The molecule has 1 aromatic carbocycles. The summed E-state index contributed by atoms with van der Waals surface area (Å²) in [5, 5.41) is 3.52. The Kier molecular flexibility index (Phi) is 7.15. The fraction of sp³-hybridized carbons (Fsp3) is 0.647. The minimum Gasteiger partial charge on any atom is -0.496 e. The number of nitrogens with zero attached hydrogens (tertiary/aromatic N) is 1. The fourth-order valence-corrected chi connectivity index (χ4v) is 2.05. The molecule has 0 aromatic heterocycles. The molecule has 0 saturated heterocycles. The quantitative estimate of drug-likeness (QED) is 0.799. The average molecular weight is 294 g/mol. The van der Waals surface area contributed by atoms with Crippen LogP contribution in [0.15, 0.2) is 18.2 Å². The Labute approximate surface area is 129 Å². The van der Waals surface area contributed by atoms with Crippen molar-refractivity contribution >= 4 is 0 Å². The maximum atomic E-state index is 5.47. The number of hydrogen-bond acceptors (Lipinski definition) is 4. The molecule has 0 bridgehead atoms. The summed E-state index contributed by atoms with van der Waals surface area (Å²) < 4.78 is 10.6. The second-order valence-electron chi connectivity index (χ2n) is 6.48. The van der Waals surface area contributed by atoms with Crippen LogP contribution in [0.5, 0.6) is 5.75 Å². The number of nitrogens with one attached hydrogen (secondary N) is 1. The first kappa shape index (κ1) is 18.0. The smallest absolute Gasteiger partial charge is 0.123 e. The van der Waals surface area contributed by atoms with Crippen molar-refractivity contribution in [2.24, 2.45) is 0 Å². The van der Waals surface area contributed by atoms with Gasteiger partial charge in [0.25, 0.3) is 0 Å². The number of ether oxygens (including phenoxy) is 2. The van der Waals surface area contributed by atoms with Gasteiger partial charge in [0, 0.05) is 37.8 Å². The van der Waals surface area contributed by atoms with Gasteiger partial charge in [-0.2, -0.15) is 0 Å². The molecule has 0 unspecified atom stereocenters. The Morgan fingerprint density at radius 1 is 1.19 bits per heavy atom. The van der Waals surface area contributed by atoms with E-state index in [4.69, 9.17) is 9.47 Å². The monoisotopic (exact) mass is 294 g/mol. The molecule has 4 heteroatoms. The lowest BCUT2D eigenvalue weighted by atomic mass is 10.1. The lowest BCUT2D eigenvalue weighted by Crippen LogP contribution is -2.35. The highest BCUT2D eigenvalue weighted by Gasteiger charge is 2.11. The molecule has 0 radical (unpaired) electrons. The molecule has 0 aliphatic carbocycles. The summed E-state index contributed by atoms with van der Waals surface area (Å²) in [5.41, 5.74) is 2.61. The zero-order valence-electron chi connectivity index (χ0n) is 14.3.